The molecule has 16 heavy (non-hydrogen) atoms. The molecule has 1 saturated carbocycles. The Morgan fingerprint density at radius 2 is 1.94 bits per heavy atom. The van der Waals surface area contributed by atoms with Crippen LogP contribution in [-0.4, -0.2) is 36.2 Å². The molecule has 2 rings (SSSR count). The van der Waals surface area contributed by atoms with Gasteiger partial charge in [0.25, 0.3) is 0 Å². The molecule has 1 amide bonds. The number of amides is 1. The molecule has 1 aliphatic carbocycles. The summed E-state index contributed by atoms with van der Waals surface area (Å²) in [4.78, 5) is 11.0. The van der Waals surface area contributed by atoms with Crippen molar-refractivity contribution in [3.05, 3.63) is 0 Å². The summed E-state index contributed by atoms with van der Waals surface area (Å²) < 4.78 is 0. The molecular weight excluding hydrogens is 204 g/mol. The average Bonchev–Trinajstić information content (AvgIpc) is 2.67. The van der Waals surface area contributed by atoms with Crippen LogP contribution in [0.25, 0.3) is 0 Å². The third kappa shape index (κ3) is 3.46. The fourth-order valence-electron chi connectivity index (χ4n) is 2.64. The van der Waals surface area contributed by atoms with Crippen LogP contribution in [0.3, 0.4) is 0 Å². The third-order valence-electron chi connectivity index (χ3n) is 3.73. The van der Waals surface area contributed by atoms with E-state index in [1.807, 2.05) is 0 Å². The van der Waals surface area contributed by atoms with Crippen molar-refractivity contribution in [2.24, 2.45) is 5.92 Å². The average molecular weight is 226 g/mol. The van der Waals surface area contributed by atoms with E-state index in [2.05, 4.69) is 10.6 Å². The molecule has 1 heterocycles. The summed E-state index contributed by atoms with van der Waals surface area (Å²) in [6.45, 7) is 1.92. The number of aliphatic hydroxyl groups excluding tert-OH is 1. The molecule has 2 aliphatic rings. The Morgan fingerprint density at radius 1 is 1.19 bits per heavy atom. The third-order valence-corrected chi connectivity index (χ3v) is 3.73. The zero-order chi connectivity index (χ0) is 11.4. The summed E-state index contributed by atoms with van der Waals surface area (Å²) >= 11 is 0. The number of hydrogen-bond donors (Lipinski definition) is 3. The van der Waals surface area contributed by atoms with Crippen LogP contribution < -0.4 is 10.6 Å². The Labute approximate surface area is 96.8 Å². The molecule has 3 N–H and O–H groups in total. The van der Waals surface area contributed by atoms with E-state index in [4.69, 9.17) is 0 Å². The number of aliphatic hydroxyl groups is 1. The fourth-order valence-corrected chi connectivity index (χ4v) is 2.64. The maximum atomic E-state index is 11.0. The van der Waals surface area contributed by atoms with E-state index in [0.29, 0.717) is 18.4 Å². The van der Waals surface area contributed by atoms with Crippen molar-refractivity contribution in [3.8, 4) is 0 Å². The van der Waals surface area contributed by atoms with Gasteiger partial charge in [-0.25, -0.2) is 0 Å². The normalized spacial score (nSPS) is 35.1. The lowest BCUT2D eigenvalue weighted by atomic mass is 9.87. The molecule has 2 fully saturated rings. The zero-order valence-corrected chi connectivity index (χ0v) is 9.74. The molecule has 1 unspecified atom stereocenters. The van der Waals surface area contributed by atoms with Gasteiger partial charge in [0.2, 0.25) is 5.91 Å². The zero-order valence-electron chi connectivity index (χ0n) is 9.74. The van der Waals surface area contributed by atoms with Crippen LogP contribution in [-0.2, 0) is 4.79 Å². The molecular formula is C12H22N2O2. The first-order valence-electron chi connectivity index (χ1n) is 6.42. The summed E-state index contributed by atoms with van der Waals surface area (Å²) in [5.41, 5.74) is 0. The number of nitrogens with one attached hydrogen (secondary N) is 2. The minimum absolute atomic E-state index is 0.0645. The lowest BCUT2D eigenvalue weighted by Crippen LogP contribution is -2.38. The summed E-state index contributed by atoms with van der Waals surface area (Å²) in [6.07, 6.45) is 5.75. The Kier molecular flexibility index (Phi) is 4.18. The first kappa shape index (κ1) is 11.9. The van der Waals surface area contributed by atoms with E-state index in [0.717, 1.165) is 45.2 Å². The van der Waals surface area contributed by atoms with E-state index in [-0.39, 0.29) is 12.0 Å². The molecule has 0 aromatic heterocycles. The van der Waals surface area contributed by atoms with Crippen LogP contribution in [0.15, 0.2) is 0 Å². The predicted molar refractivity (Wildman–Crippen MR) is 62.0 cm³/mol. The van der Waals surface area contributed by atoms with Crippen molar-refractivity contribution < 1.29 is 9.90 Å². The molecule has 0 spiro atoms. The summed E-state index contributed by atoms with van der Waals surface area (Å²) in [5, 5.41) is 15.8. The molecule has 0 bridgehead atoms. The predicted octanol–water partition coefficient (Wildman–Crippen LogP) is 0.406. The van der Waals surface area contributed by atoms with Crippen molar-refractivity contribution in [2.75, 3.05) is 13.1 Å². The minimum Gasteiger partial charge on any atom is -0.393 e. The van der Waals surface area contributed by atoms with Crippen molar-refractivity contribution in [1.82, 2.24) is 10.6 Å². The van der Waals surface area contributed by atoms with Gasteiger partial charge in [-0.2, -0.15) is 0 Å². The van der Waals surface area contributed by atoms with Gasteiger partial charge >= 0.3 is 0 Å². The molecule has 0 radical (unpaired) electrons. The maximum absolute atomic E-state index is 11.0. The van der Waals surface area contributed by atoms with Crippen molar-refractivity contribution in [1.29, 1.82) is 0 Å². The quantitative estimate of drug-likeness (QED) is 0.650. The summed E-state index contributed by atoms with van der Waals surface area (Å²) in [5.74, 6) is 0.896. The van der Waals surface area contributed by atoms with Crippen LogP contribution in [0.1, 0.15) is 38.5 Å². The highest BCUT2D eigenvalue weighted by molar-refractivity contribution is 5.78. The van der Waals surface area contributed by atoms with Gasteiger partial charge in [0, 0.05) is 19.0 Å². The molecule has 4 nitrogen and oxygen atoms in total. The first-order valence-corrected chi connectivity index (χ1v) is 6.42. The smallest absolute Gasteiger partial charge is 0.220 e. The van der Waals surface area contributed by atoms with Gasteiger partial charge in [0.05, 0.1) is 6.10 Å². The van der Waals surface area contributed by atoms with Gasteiger partial charge in [-0.3, -0.25) is 4.79 Å². The van der Waals surface area contributed by atoms with Crippen LogP contribution in [0.5, 0.6) is 0 Å². The van der Waals surface area contributed by atoms with E-state index >= 15 is 0 Å². The first-order chi connectivity index (χ1) is 7.74. The van der Waals surface area contributed by atoms with Crippen molar-refractivity contribution in [2.45, 2.75) is 50.7 Å². The van der Waals surface area contributed by atoms with Crippen LogP contribution in [0, 0.1) is 5.92 Å². The summed E-state index contributed by atoms with van der Waals surface area (Å²) in [6, 6.07) is 0.335. The molecule has 1 atom stereocenters. The standard InChI is InChI=1S/C12H22N2O2/c15-11-4-1-9(2-5-11)7-13-8-10-3-6-12(16)14-10/h9-11,13,15H,1-8H2,(H,14,16). The highest BCUT2D eigenvalue weighted by Crippen LogP contribution is 2.23. The second-order valence-corrected chi connectivity index (χ2v) is 5.14. The SMILES string of the molecule is O=C1CCC(CNCC2CCC(O)CC2)N1. The van der Waals surface area contributed by atoms with E-state index < -0.39 is 0 Å². The van der Waals surface area contributed by atoms with Gasteiger partial charge in [-0.05, 0) is 44.6 Å². The molecule has 1 aliphatic heterocycles. The van der Waals surface area contributed by atoms with Gasteiger partial charge in [0.1, 0.15) is 0 Å². The Hall–Kier alpha value is -0.610. The molecule has 92 valence electrons. The van der Waals surface area contributed by atoms with Gasteiger partial charge in [0.15, 0.2) is 0 Å². The summed E-state index contributed by atoms with van der Waals surface area (Å²) in [7, 11) is 0. The van der Waals surface area contributed by atoms with E-state index in [1.54, 1.807) is 0 Å². The van der Waals surface area contributed by atoms with Gasteiger partial charge in [-0.15, -0.1) is 0 Å². The molecule has 4 heteroatoms. The van der Waals surface area contributed by atoms with Crippen molar-refractivity contribution >= 4 is 5.91 Å². The Balaban J connectivity index is 1.56. The minimum atomic E-state index is -0.0645. The monoisotopic (exact) mass is 226 g/mol. The number of rotatable bonds is 4. The fraction of sp³-hybridized carbons (Fsp3) is 0.917. The molecule has 0 aromatic rings. The highest BCUT2D eigenvalue weighted by Gasteiger charge is 2.22. The van der Waals surface area contributed by atoms with Crippen molar-refractivity contribution in [3.63, 3.8) is 0 Å². The highest BCUT2D eigenvalue weighted by atomic mass is 16.3. The van der Waals surface area contributed by atoms with Gasteiger partial charge < -0.3 is 15.7 Å². The van der Waals surface area contributed by atoms with Crippen LogP contribution >= 0.6 is 0 Å². The van der Waals surface area contributed by atoms with E-state index in [1.165, 1.54) is 0 Å². The van der Waals surface area contributed by atoms with E-state index in [9.17, 15) is 9.90 Å². The lowest BCUT2D eigenvalue weighted by Gasteiger charge is -2.26. The molecule has 0 aromatic carbocycles. The maximum Gasteiger partial charge on any atom is 0.220 e. The second kappa shape index (κ2) is 5.64. The van der Waals surface area contributed by atoms with Crippen LogP contribution in [0.4, 0.5) is 0 Å². The largest absolute Gasteiger partial charge is 0.393 e. The second-order valence-electron chi connectivity index (χ2n) is 5.14. The van der Waals surface area contributed by atoms with Gasteiger partial charge in [-0.1, -0.05) is 0 Å². The topological polar surface area (TPSA) is 61.4 Å². The number of hydrogen-bond acceptors (Lipinski definition) is 3. The number of carbonyl (C=O) groups excluding carboxylic acids is 1. The Morgan fingerprint density at radius 3 is 2.56 bits per heavy atom. The van der Waals surface area contributed by atoms with Crippen LogP contribution in [0.2, 0.25) is 0 Å². The number of carbonyl (C=O) groups is 1. The Bertz CT molecular complexity index is 237. The molecule has 1 saturated heterocycles. The lowest BCUT2D eigenvalue weighted by molar-refractivity contribution is -0.119.